The molecule has 0 radical (unpaired) electrons. The summed E-state index contributed by atoms with van der Waals surface area (Å²) in [6, 6.07) is 5.30. The quantitative estimate of drug-likeness (QED) is 0.812. The molecule has 0 amide bonds. The molecule has 0 saturated heterocycles. The molecule has 1 aromatic rings. The highest BCUT2D eigenvalue weighted by Crippen LogP contribution is 2.21. The highest BCUT2D eigenvalue weighted by molar-refractivity contribution is 7.89. The maximum absolute atomic E-state index is 12.6. The highest BCUT2D eigenvalue weighted by Gasteiger charge is 2.24. The number of nitrogens with two attached hydrogens (primary N) is 1. The summed E-state index contributed by atoms with van der Waals surface area (Å²) < 4.78 is 26.7. The summed E-state index contributed by atoms with van der Waals surface area (Å²) in [6.45, 7) is 10.3. The summed E-state index contributed by atoms with van der Waals surface area (Å²) in [7, 11) is -3.49. The second kappa shape index (κ2) is 6.32. The van der Waals surface area contributed by atoms with Gasteiger partial charge in [0.15, 0.2) is 0 Å². The first-order valence-corrected chi connectivity index (χ1v) is 7.71. The standard InChI is InChI=1S/C14H22N2O2S/c1-5-16(10-11(2)3)19(17,18)14-8-13(9-15)7-6-12(14)4/h6-8H,2,5,9-10,15H2,1,3-4H3. The molecule has 5 heteroatoms. The lowest BCUT2D eigenvalue weighted by atomic mass is 10.1. The zero-order valence-electron chi connectivity index (χ0n) is 11.8. The van der Waals surface area contributed by atoms with Crippen LogP contribution in [0.4, 0.5) is 0 Å². The summed E-state index contributed by atoms with van der Waals surface area (Å²) >= 11 is 0. The Bertz CT molecular complexity index is 565. The fourth-order valence-electron chi connectivity index (χ4n) is 1.86. The van der Waals surface area contributed by atoms with Crippen molar-refractivity contribution in [1.82, 2.24) is 4.31 Å². The smallest absolute Gasteiger partial charge is 0.243 e. The van der Waals surface area contributed by atoms with Crippen LogP contribution < -0.4 is 5.73 Å². The molecule has 0 saturated carbocycles. The van der Waals surface area contributed by atoms with E-state index < -0.39 is 10.0 Å². The maximum Gasteiger partial charge on any atom is 0.243 e. The van der Waals surface area contributed by atoms with Crippen LogP contribution in [0.15, 0.2) is 35.2 Å². The Labute approximate surface area is 116 Å². The molecule has 0 fully saturated rings. The lowest BCUT2D eigenvalue weighted by molar-refractivity contribution is 0.452. The topological polar surface area (TPSA) is 63.4 Å². The number of sulfonamides is 1. The SMILES string of the molecule is C=C(C)CN(CC)S(=O)(=O)c1cc(CN)ccc1C. The van der Waals surface area contributed by atoms with E-state index in [-0.39, 0.29) is 0 Å². The van der Waals surface area contributed by atoms with Gasteiger partial charge in [-0.1, -0.05) is 31.2 Å². The first-order valence-electron chi connectivity index (χ1n) is 6.27. The summed E-state index contributed by atoms with van der Waals surface area (Å²) in [5, 5.41) is 0. The second-order valence-corrected chi connectivity index (χ2v) is 6.60. The molecular weight excluding hydrogens is 260 g/mol. The molecule has 106 valence electrons. The molecule has 0 atom stereocenters. The van der Waals surface area contributed by atoms with E-state index in [4.69, 9.17) is 5.73 Å². The average molecular weight is 282 g/mol. The third-order valence-corrected chi connectivity index (χ3v) is 4.97. The predicted octanol–water partition coefficient (Wildman–Crippen LogP) is 2.04. The number of benzene rings is 1. The van der Waals surface area contributed by atoms with Crippen LogP contribution in [0.3, 0.4) is 0 Å². The van der Waals surface area contributed by atoms with Crippen LogP contribution in [0.2, 0.25) is 0 Å². The monoisotopic (exact) mass is 282 g/mol. The van der Waals surface area contributed by atoms with Gasteiger partial charge in [-0.3, -0.25) is 0 Å². The Morgan fingerprint density at radius 3 is 2.53 bits per heavy atom. The van der Waals surface area contributed by atoms with Gasteiger partial charge in [-0.2, -0.15) is 4.31 Å². The first-order chi connectivity index (χ1) is 8.82. The number of aryl methyl sites for hydroxylation is 1. The molecule has 1 aromatic carbocycles. The molecule has 0 aliphatic heterocycles. The minimum absolute atomic E-state index is 0.329. The molecule has 0 spiro atoms. The predicted molar refractivity (Wildman–Crippen MR) is 78.3 cm³/mol. The summed E-state index contributed by atoms with van der Waals surface area (Å²) in [5.41, 5.74) is 7.95. The number of hydrogen-bond acceptors (Lipinski definition) is 3. The van der Waals surface area contributed by atoms with Crippen molar-refractivity contribution >= 4 is 10.0 Å². The second-order valence-electron chi connectivity index (χ2n) is 4.69. The van der Waals surface area contributed by atoms with Gasteiger partial charge in [-0.15, -0.1) is 0 Å². The van der Waals surface area contributed by atoms with Crippen LogP contribution in [0.1, 0.15) is 25.0 Å². The van der Waals surface area contributed by atoms with Crippen LogP contribution in [-0.4, -0.2) is 25.8 Å². The van der Waals surface area contributed by atoms with Gasteiger partial charge in [0.05, 0.1) is 4.90 Å². The lowest BCUT2D eigenvalue weighted by Gasteiger charge is -2.22. The number of likely N-dealkylation sites (N-methyl/N-ethyl adjacent to an activating group) is 1. The van der Waals surface area contributed by atoms with Crippen molar-refractivity contribution in [2.75, 3.05) is 13.1 Å². The largest absolute Gasteiger partial charge is 0.326 e. The van der Waals surface area contributed by atoms with Gasteiger partial charge in [-0.25, -0.2) is 8.42 Å². The van der Waals surface area contributed by atoms with Crippen LogP contribution in [0.25, 0.3) is 0 Å². The molecule has 0 aliphatic carbocycles. The molecule has 2 N–H and O–H groups in total. The molecule has 0 aromatic heterocycles. The van der Waals surface area contributed by atoms with Gasteiger partial charge in [-0.05, 0) is 31.0 Å². The average Bonchev–Trinajstić information content (AvgIpc) is 2.35. The zero-order valence-corrected chi connectivity index (χ0v) is 12.6. The van der Waals surface area contributed by atoms with Gasteiger partial charge in [0.1, 0.15) is 0 Å². The van der Waals surface area contributed by atoms with E-state index in [0.717, 1.165) is 16.7 Å². The molecule has 0 heterocycles. The van der Waals surface area contributed by atoms with Crippen LogP contribution in [0.5, 0.6) is 0 Å². The van der Waals surface area contributed by atoms with Crippen LogP contribution in [0, 0.1) is 6.92 Å². The molecule has 0 bridgehead atoms. The highest BCUT2D eigenvalue weighted by atomic mass is 32.2. The minimum atomic E-state index is -3.49. The fraction of sp³-hybridized carbons (Fsp3) is 0.429. The number of rotatable bonds is 6. The number of hydrogen-bond donors (Lipinski definition) is 1. The van der Waals surface area contributed by atoms with Crippen molar-refractivity contribution in [3.8, 4) is 0 Å². The molecular formula is C14H22N2O2S. The van der Waals surface area contributed by atoms with E-state index in [2.05, 4.69) is 6.58 Å². The van der Waals surface area contributed by atoms with Crippen molar-refractivity contribution in [2.24, 2.45) is 5.73 Å². The van der Waals surface area contributed by atoms with Gasteiger partial charge in [0, 0.05) is 19.6 Å². The molecule has 1 rings (SSSR count). The fourth-order valence-corrected chi connectivity index (χ4v) is 3.64. The van der Waals surface area contributed by atoms with E-state index in [9.17, 15) is 8.42 Å². The van der Waals surface area contributed by atoms with E-state index in [1.54, 1.807) is 19.1 Å². The van der Waals surface area contributed by atoms with E-state index in [1.165, 1.54) is 4.31 Å². The van der Waals surface area contributed by atoms with E-state index in [0.29, 0.717) is 24.5 Å². The van der Waals surface area contributed by atoms with Crippen molar-refractivity contribution in [3.05, 3.63) is 41.5 Å². The van der Waals surface area contributed by atoms with Crippen LogP contribution in [-0.2, 0) is 16.6 Å². The Morgan fingerprint density at radius 2 is 2.05 bits per heavy atom. The van der Waals surface area contributed by atoms with Crippen molar-refractivity contribution < 1.29 is 8.42 Å². The van der Waals surface area contributed by atoms with Crippen LogP contribution >= 0.6 is 0 Å². The van der Waals surface area contributed by atoms with Crippen molar-refractivity contribution in [2.45, 2.75) is 32.2 Å². The van der Waals surface area contributed by atoms with E-state index in [1.807, 2.05) is 19.9 Å². The van der Waals surface area contributed by atoms with Crippen molar-refractivity contribution in [3.63, 3.8) is 0 Å². The van der Waals surface area contributed by atoms with Crippen molar-refractivity contribution in [1.29, 1.82) is 0 Å². The zero-order chi connectivity index (χ0) is 14.6. The summed E-state index contributed by atoms with van der Waals surface area (Å²) in [5.74, 6) is 0. The summed E-state index contributed by atoms with van der Waals surface area (Å²) in [4.78, 5) is 0.332. The Morgan fingerprint density at radius 1 is 1.42 bits per heavy atom. The molecule has 19 heavy (non-hydrogen) atoms. The third kappa shape index (κ3) is 3.65. The van der Waals surface area contributed by atoms with E-state index >= 15 is 0 Å². The Balaban J connectivity index is 3.28. The molecule has 0 aliphatic rings. The van der Waals surface area contributed by atoms with Gasteiger partial charge in [0.2, 0.25) is 10.0 Å². The van der Waals surface area contributed by atoms with Gasteiger partial charge >= 0.3 is 0 Å². The molecule has 4 nitrogen and oxygen atoms in total. The summed E-state index contributed by atoms with van der Waals surface area (Å²) in [6.07, 6.45) is 0. The maximum atomic E-state index is 12.6. The third-order valence-electron chi connectivity index (χ3n) is 2.91. The number of nitrogens with zero attached hydrogens (tertiary/aromatic N) is 1. The Hall–Kier alpha value is -1.17. The first kappa shape index (κ1) is 15.9. The van der Waals surface area contributed by atoms with Gasteiger partial charge < -0.3 is 5.73 Å². The normalized spacial score (nSPS) is 11.8. The molecule has 0 unspecified atom stereocenters. The van der Waals surface area contributed by atoms with Gasteiger partial charge in [0.25, 0.3) is 0 Å². The lowest BCUT2D eigenvalue weighted by Crippen LogP contribution is -2.32. The minimum Gasteiger partial charge on any atom is -0.326 e. The Kier molecular flexibility index (Phi) is 5.29.